The molecule has 0 aliphatic carbocycles. The number of ether oxygens (including phenoxy) is 1. The van der Waals surface area contributed by atoms with Crippen LogP contribution in [0.4, 0.5) is 4.39 Å². The van der Waals surface area contributed by atoms with Crippen molar-refractivity contribution in [2.24, 2.45) is 0 Å². The number of aliphatic hydroxyl groups is 1. The topological polar surface area (TPSA) is 29.5 Å². The number of halogens is 1. The third-order valence-electron chi connectivity index (χ3n) is 3.17. The van der Waals surface area contributed by atoms with Crippen LogP contribution in [-0.2, 0) is 5.60 Å². The van der Waals surface area contributed by atoms with Gasteiger partial charge in [0.15, 0.2) is 0 Å². The lowest BCUT2D eigenvalue weighted by molar-refractivity contribution is 0.0390. The molecule has 2 unspecified atom stereocenters. The van der Waals surface area contributed by atoms with Crippen LogP contribution in [0.25, 0.3) is 0 Å². The molecule has 0 bridgehead atoms. The molecule has 1 aliphatic rings. The minimum atomic E-state index is -1.04. The number of thioether (sulfide) groups is 1. The molecule has 2 rings (SSSR count). The van der Waals surface area contributed by atoms with Crippen molar-refractivity contribution in [1.82, 2.24) is 0 Å². The van der Waals surface area contributed by atoms with E-state index < -0.39 is 11.4 Å². The molecule has 16 heavy (non-hydrogen) atoms. The molecular formula is C12H15FO2S. The van der Waals surface area contributed by atoms with Gasteiger partial charge < -0.3 is 9.84 Å². The number of hydrogen-bond acceptors (Lipinski definition) is 3. The zero-order valence-corrected chi connectivity index (χ0v) is 10.2. The first kappa shape index (κ1) is 11.7. The first-order valence-corrected chi connectivity index (χ1v) is 6.31. The predicted molar refractivity (Wildman–Crippen MR) is 63.4 cm³/mol. The Morgan fingerprint density at radius 3 is 2.81 bits per heavy atom. The Morgan fingerprint density at radius 2 is 2.31 bits per heavy atom. The molecule has 1 N–H and O–H groups in total. The van der Waals surface area contributed by atoms with Crippen LogP contribution in [0, 0.1) is 5.82 Å². The van der Waals surface area contributed by atoms with E-state index in [0.717, 1.165) is 5.75 Å². The number of methoxy groups -OCH3 is 1. The van der Waals surface area contributed by atoms with Crippen molar-refractivity contribution < 1.29 is 14.2 Å². The molecule has 2 nitrogen and oxygen atoms in total. The van der Waals surface area contributed by atoms with E-state index >= 15 is 0 Å². The van der Waals surface area contributed by atoms with Crippen molar-refractivity contribution in [3.63, 3.8) is 0 Å². The minimum absolute atomic E-state index is 0.0235. The first-order valence-electron chi connectivity index (χ1n) is 5.26. The zero-order chi connectivity index (χ0) is 11.8. The molecule has 0 radical (unpaired) electrons. The summed E-state index contributed by atoms with van der Waals surface area (Å²) in [5, 5.41) is 10.5. The van der Waals surface area contributed by atoms with E-state index in [4.69, 9.17) is 4.74 Å². The van der Waals surface area contributed by atoms with Crippen LogP contribution in [-0.4, -0.2) is 23.2 Å². The van der Waals surface area contributed by atoms with Gasteiger partial charge in [-0.25, -0.2) is 4.39 Å². The Labute approximate surface area is 98.8 Å². The Bertz CT molecular complexity index is 397. The van der Waals surface area contributed by atoms with Crippen LogP contribution in [0.1, 0.15) is 18.9 Å². The molecule has 1 aliphatic heterocycles. The van der Waals surface area contributed by atoms with Gasteiger partial charge in [-0.15, -0.1) is 0 Å². The maximum Gasteiger partial charge on any atom is 0.133 e. The third-order valence-corrected chi connectivity index (χ3v) is 4.50. The van der Waals surface area contributed by atoms with E-state index in [1.165, 1.54) is 13.2 Å². The van der Waals surface area contributed by atoms with Crippen LogP contribution in [0.3, 0.4) is 0 Å². The standard InChI is InChI=1S/C12H15FO2S/c1-8-12(14,5-6-16-8)10-4-3-9(15-2)7-11(10)13/h3-4,7-8,14H,5-6H2,1-2H3. The van der Waals surface area contributed by atoms with Gasteiger partial charge in [-0.3, -0.25) is 0 Å². The fraction of sp³-hybridized carbons (Fsp3) is 0.500. The van der Waals surface area contributed by atoms with Crippen molar-refractivity contribution in [3.05, 3.63) is 29.6 Å². The fourth-order valence-electron chi connectivity index (χ4n) is 2.06. The Kier molecular flexibility index (Phi) is 3.13. The Balaban J connectivity index is 2.40. The highest BCUT2D eigenvalue weighted by Gasteiger charge is 2.42. The second-order valence-electron chi connectivity index (χ2n) is 4.03. The van der Waals surface area contributed by atoms with Gasteiger partial charge >= 0.3 is 0 Å². The molecule has 0 saturated carbocycles. The Hall–Kier alpha value is -0.740. The normalized spacial score (nSPS) is 29.4. The van der Waals surface area contributed by atoms with Gasteiger partial charge in [0.05, 0.1) is 7.11 Å². The highest BCUT2D eigenvalue weighted by Crippen LogP contribution is 2.44. The van der Waals surface area contributed by atoms with Gasteiger partial charge in [-0.2, -0.15) is 11.8 Å². The summed E-state index contributed by atoms with van der Waals surface area (Å²) in [5.41, 5.74) is -0.660. The smallest absolute Gasteiger partial charge is 0.133 e. The number of rotatable bonds is 2. The lowest BCUT2D eigenvalue weighted by Crippen LogP contribution is -2.32. The molecule has 0 spiro atoms. The summed E-state index contributed by atoms with van der Waals surface area (Å²) in [4.78, 5) is 0. The third kappa shape index (κ3) is 1.80. The monoisotopic (exact) mass is 242 g/mol. The van der Waals surface area contributed by atoms with Crippen LogP contribution < -0.4 is 4.74 Å². The fourth-order valence-corrected chi connectivity index (χ4v) is 3.36. The largest absolute Gasteiger partial charge is 0.497 e. The van der Waals surface area contributed by atoms with E-state index in [1.54, 1.807) is 23.9 Å². The number of benzene rings is 1. The molecule has 1 aromatic rings. The minimum Gasteiger partial charge on any atom is -0.497 e. The molecule has 0 amide bonds. The lowest BCUT2D eigenvalue weighted by Gasteiger charge is -2.27. The van der Waals surface area contributed by atoms with Crippen LogP contribution in [0.2, 0.25) is 0 Å². The average molecular weight is 242 g/mol. The van der Waals surface area contributed by atoms with Crippen molar-refractivity contribution in [2.75, 3.05) is 12.9 Å². The second kappa shape index (κ2) is 4.26. The van der Waals surface area contributed by atoms with Crippen molar-refractivity contribution >= 4 is 11.8 Å². The maximum atomic E-state index is 13.9. The summed E-state index contributed by atoms with van der Waals surface area (Å²) >= 11 is 1.67. The van der Waals surface area contributed by atoms with Gasteiger partial charge in [0, 0.05) is 16.9 Å². The quantitative estimate of drug-likeness (QED) is 0.864. The van der Waals surface area contributed by atoms with Gasteiger partial charge in [0.2, 0.25) is 0 Å². The molecule has 1 fully saturated rings. The van der Waals surface area contributed by atoms with E-state index in [0.29, 0.717) is 17.7 Å². The van der Waals surface area contributed by atoms with E-state index in [9.17, 15) is 9.50 Å². The van der Waals surface area contributed by atoms with E-state index in [2.05, 4.69) is 0 Å². The molecule has 4 heteroatoms. The maximum absolute atomic E-state index is 13.9. The summed E-state index contributed by atoms with van der Waals surface area (Å²) in [6, 6.07) is 4.63. The summed E-state index contributed by atoms with van der Waals surface area (Å²) in [7, 11) is 1.50. The molecule has 88 valence electrons. The summed E-state index contributed by atoms with van der Waals surface area (Å²) in [6.07, 6.45) is 0.599. The molecule has 1 heterocycles. The molecule has 0 aromatic heterocycles. The molecule has 1 aromatic carbocycles. The number of hydrogen-bond donors (Lipinski definition) is 1. The van der Waals surface area contributed by atoms with E-state index in [1.807, 2.05) is 6.92 Å². The molecule has 2 atom stereocenters. The highest BCUT2D eigenvalue weighted by atomic mass is 32.2. The van der Waals surface area contributed by atoms with Crippen molar-refractivity contribution in [2.45, 2.75) is 24.2 Å². The summed E-state index contributed by atoms with van der Waals surface area (Å²) in [6.45, 7) is 1.93. The van der Waals surface area contributed by atoms with Gasteiger partial charge in [0.1, 0.15) is 17.2 Å². The van der Waals surface area contributed by atoms with Crippen LogP contribution in [0.15, 0.2) is 18.2 Å². The second-order valence-corrected chi connectivity index (χ2v) is 5.48. The zero-order valence-electron chi connectivity index (χ0n) is 9.37. The van der Waals surface area contributed by atoms with Gasteiger partial charge in [0.25, 0.3) is 0 Å². The van der Waals surface area contributed by atoms with Gasteiger partial charge in [-0.05, 0) is 24.3 Å². The SMILES string of the molecule is COc1ccc(C2(O)CCSC2C)c(F)c1. The predicted octanol–water partition coefficient (Wildman–Crippen LogP) is 2.55. The summed E-state index contributed by atoms with van der Waals surface area (Å²) < 4.78 is 18.8. The lowest BCUT2D eigenvalue weighted by atomic mass is 9.88. The van der Waals surface area contributed by atoms with Crippen molar-refractivity contribution in [1.29, 1.82) is 0 Å². The average Bonchev–Trinajstić information content (AvgIpc) is 2.60. The van der Waals surface area contributed by atoms with Crippen LogP contribution >= 0.6 is 11.8 Å². The molecular weight excluding hydrogens is 227 g/mol. The van der Waals surface area contributed by atoms with Gasteiger partial charge in [-0.1, -0.05) is 6.92 Å². The summed E-state index contributed by atoms with van der Waals surface area (Å²) in [5.74, 6) is 0.947. The van der Waals surface area contributed by atoms with Crippen molar-refractivity contribution in [3.8, 4) is 5.75 Å². The Morgan fingerprint density at radius 1 is 1.56 bits per heavy atom. The highest BCUT2D eigenvalue weighted by molar-refractivity contribution is 8.00. The first-order chi connectivity index (χ1) is 7.58. The van der Waals surface area contributed by atoms with E-state index in [-0.39, 0.29) is 5.25 Å². The molecule has 1 saturated heterocycles. The van der Waals surface area contributed by atoms with Crippen LogP contribution in [0.5, 0.6) is 5.75 Å².